The van der Waals surface area contributed by atoms with Crippen molar-refractivity contribution in [2.24, 2.45) is 0 Å². The van der Waals surface area contributed by atoms with Crippen LogP contribution in [0.25, 0.3) is 0 Å². The summed E-state index contributed by atoms with van der Waals surface area (Å²) < 4.78 is 40.4. The van der Waals surface area contributed by atoms with E-state index in [2.05, 4.69) is 0 Å². The molecule has 4 N–H and O–H groups in total. The van der Waals surface area contributed by atoms with Gasteiger partial charge in [0.05, 0.1) is 48.3 Å². The first-order valence-corrected chi connectivity index (χ1v) is 11.9. The van der Waals surface area contributed by atoms with Crippen molar-refractivity contribution in [3.05, 3.63) is 36.4 Å². The van der Waals surface area contributed by atoms with Crippen LogP contribution >= 0.6 is 12.0 Å². The molecule has 0 spiro atoms. The van der Waals surface area contributed by atoms with Crippen LogP contribution in [0.5, 0.6) is 11.5 Å². The average Bonchev–Trinajstić information content (AvgIpc) is 2.75. The van der Waals surface area contributed by atoms with E-state index in [1.54, 1.807) is 18.2 Å². The zero-order chi connectivity index (χ0) is 23.7. The number of nitrogens with two attached hydrogens (primary N) is 2. The van der Waals surface area contributed by atoms with Crippen molar-refractivity contribution < 1.29 is 31.9 Å². The molecule has 0 fully saturated rings. The van der Waals surface area contributed by atoms with E-state index in [4.69, 9.17) is 30.2 Å². The van der Waals surface area contributed by atoms with Crippen molar-refractivity contribution in [3.63, 3.8) is 0 Å². The number of ether oxygens (including phenoxy) is 2. The van der Waals surface area contributed by atoms with Crippen molar-refractivity contribution in [3.8, 4) is 11.5 Å². The zero-order valence-electron chi connectivity index (χ0n) is 18.1. The molecule has 0 aliphatic heterocycles. The molecule has 0 atom stereocenters. The standard InChI is InChI=1S/C20H27N3O7S2/c1-14(24)23(8-10-29-30-31-15-4-6-19(27-2)17(21)12-15)9-11-32(25,26)16-5-7-20(28-3)18(22)13-16/h4-7,12-13H,8-11,21-22H2,1-3H3. The Morgan fingerprint density at radius 3 is 2.19 bits per heavy atom. The number of hydrogen-bond acceptors (Lipinski definition) is 10. The van der Waals surface area contributed by atoms with Gasteiger partial charge in [-0.3, -0.25) is 4.79 Å². The first kappa shape index (κ1) is 25.6. The summed E-state index contributed by atoms with van der Waals surface area (Å²) in [5.41, 5.74) is 12.3. The van der Waals surface area contributed by atoms with Crippen LogP contribution in [0.15, 0.2) is 46.2 Å². The predicted molar refractivity (Wildman–Crippen MR) is 122 cm³/mol. The number of carbonyl (C=O) groups excluding carboxylic acids is 1. The summed E-state index contributed by atoms with van der Waals surface area (Å²) in [6.45, 7) is 1.55. The maximum atomic E-state index is 12.6. The van der Waals surface area contributed by atoms with E-state index in [1.807, 2.05) is 0 Å². The largest absolute Gasteiger partial charge is 0.495 e. The number of sulfone groups is 1. The highest BCUT2D eigenvalue weighted by atomic mass is 32.2. The number of rotatable bonds is 12. The summed E-state index contributed by atoms with van der Waals surface area (Å²) >= 11 is 0.954. The minimum atomic E-state index is -3.65. The number of nitrogens with zero attached hydrogens (tertiary/aromatic N) is 1. The van der Waals surface area contributed by atoms with E-state index in [1.165, 1.54) is 44.2 Å². The first-order valence-electron chi connectivity index (χ1n) is 9.49. The normalized spacial score (nSPS) is 11.2. The van der Waals surface area contributed by atoms with Gasteiger partial charge in [0.1, 0.15) is 18.1 Å². The highest BCUT2D eigenvalue weighted by Crippen LogP contribution is 2.28. The second kappa shape index (κ2) is 11.8. The molecule has 32 heavy (non-hydrogen) atoms. The van der Waals surface area contributed by atoms with Gasteiger partial charge in [-0.25, -0.2) is 13.3 Å². The van der Waals surface area contributed by atoms with Crippen molar-refractivity contribution >= 4 is 39.2 Å². The highest BCUT2D eigenvalue weighted by Gasteiger charge is 2.19. The minimum Gasteiger partial charge on any atom is -0.495 e. The van der Waals surface area contributed by atoms with Gasteiger partial charge in [0, 0.05) is 24.9 Å². The monoisotopic (exact) mass is 485 g/mol. The Morgan fingerprint density at radius 1 is 1.00 bits per heavy atom. The number of nitrogen functional groups attached to an aromatic ring is 2. The summed E-state index contributed by atoms with van der Waals surface area (Å²) in [5.74, 6) is 0.397. The van der Waals surface area contributed by atoms with E-state index in [-0.39, 0.29) is 41.9 Å². The first-order chi connectivity index (χ1) is 15.2. The molecular formula is C20H27N3O7S2. The van der Waals surface area contributed by atoms with Gasteiger partial charge in [0.25, 0.3) is 0 Å². The minimum absolute atomic E-state index is 0.00484. The zero-order valence-corrected chi connectivity index (χ0v) is 19.7. The van der Waals surface area contributed by atoms with Crippen LogP contribution < -0.4 is 20.9 Å². The van der Waals surface area contributed by atoms with Crippen molar-refractivity contribution in [2.45, 2.75) is 16.7 Å². The molecule has 0 aromatic heterocycles. The Bertz CT molecular complexity index is 1030. The summed E-state index contributed by atoms with van der Waals surface area (Å²) in [5, 5.41) is 0. The molecule has 0 saturated heterocycles. The van der Waals surface area contributed by atoms with Crippen LogP contribution in [0.2, 0.25) is 0 Å². The molecule has 0 saturated carbocycles. The fraction of sp³-hybridized carbons (Fsp3) is 0.350. The maximum absolute atomic E-state index is 12.6. The molecule has 2 aromatic carbocycles. The molecule has 0 aliphatic carbocycles. The summed E-state index contributed by atoms with van der Waals surface area (Å²) in [7, 11) is -0.675. The van der Waals surface area contributed by atoms with Crippen molar-refractivity contribution in [2.75, 3.05) is 51.1 Å². The van der Waals surface area contributed by atoms with Gasteiger partial charge in [-0.2, -0.15) is 4.33 Å². The molecule has 0 bridgehead atoms. The van der Waals surface area contributed by atoms with E-state index in [0.29, 0.717) is 22.1 Å². The smallest absolute Gasteiger partial charge is 0.219 e. The van der Waals surface area contributed by atoms with Gasteiger partial charge in [0.15, 0.2) is 9.84 Å². The van der Waals surface area contributed by atoms with Gasteiger partial charge in [-0.05, 0) is 36.4 Å². The van der Waals surface area contributed by atoms with Crippen LogP contribution in [0.4, 0.5) is 11.4 Å². The second-order valence-corrected chi connectivity index (χ2v) is 9.49. The number of benzene rings is 2. The molecule has 176 valence electrons. The van der Waals surface area contributed by atoms with E-state index in [9.17, 15) is 13.2 Å². The number of carbonyl (C=O) groups is 1. The van der Waals surface area contributed by atoms with E-state index in [0.717, 1.165) is 12.0 Å². The number of amides is 1. The summed E-state index contributed by atoms with van der Waals surface area (Å²) in [6.07, 6.45) is 0. The Labute approximate surface area is 191 Å². The third kappa shape index (κ3) is 7.19. The number of anilines is 2. The molecule has 2 rings (SSSR count). The van der Waals surface area contributed by atoms with Crippen LogP contribution in [-0.2, 0) is 23.9 Å². The number of hydrogen-bond donors (Lipinski definition) is 2. The van der Waals surface area contributed by atoms with Crippen LogP contribution in [0, 0.1) is 0 Å². The Morgan fingerprint density at radius 2 is 1.62 bits per heavy atom. The lowest BCUT2D eigenvalue weighted by Gasteiger charge is -2.20. The molecule has 0 aliphatic rings. The fourth-order valence-corrected chi connectivity index (χ4v) is 4.46. The van der Waals surface area contributed by atoms with E-state index >= 15 is 0 Å². The second-order valence-electron chi connectivity index (χ2n) is 6.61. The quantitative estimate of drug-likeness (QED) is 0.151. The molecular weight excluding hydrogens is 458 g/mol. The average molecular weight is 486 g/mol. The third-order valence-electron chi connectivity index (χ3n) is 4.46. The maximum Gasteiger partial charge on any atom is 0.219 e. The molecule has 1 amide bonds. The van der Waals surface area contributed by atoms with Gasteiger partial charge in [-0.1, -0.05) is 0 Å². The Balaban J connectivity index is 1.83. The van der Waals surface area contributed by atoms with Crippen LogP contribution in [0.1, 0.15) is 6.92 Å². The van der Waals surface area contributed by atoms with Gasteiger partial charge in [0.2, 0.25) is 5.91 Å². The third-order valence-corrected chi connectivity index (χ3v) is 6.76. The van der Waals surface area contributed by atoms with Crippen molar-refractivity contribution in [1.82, 2.24) is 4.90 Å². The lowest BCUT2D eigenvalue weighted by atomic mass is 10.3. The van der Waals surface area contributed by atoms with Crippen molar-refractivity contribution in [1.29, 1.82) is 0 Å². The van der Waals surface area contributed by atoms with Gasteiger partial charge in [-0.15, -0.1) is 0 Å². The Kier molecular flexibility index (Phi) is 9.44. The van der Waals surface area contributed by atoms with Crippen LogP contribution in [0.3, 0.4) is 0 Å². The highest BCUT2D eigenvalue weighted by molar-refractivity contribution is 7.94. The summed E-state index contributed by atoms with van der Waals surface area (Å²) in [4.78, 5) is 19.1. The molecule has 10 nitrogen and oxygen atoms in total. The van der Waals surface area contributed by atoms with Gasteiger partial charge >= 0.3 is 0 Å². The number of methoxy groups -OCH3 is 2. The van der Waals surface area contributed by atoms with Crippen LogP contribution in [-0.4, -0.2) is 58.9 Å². The molecule has 2 aromatic rings. The molecule has 0 unspecified atom stereocenters. The Hall–Kier alpha value is -2.67. The lowest BCUT2D eigenvalue weighted by molar-refractivity contribution is -0.193. The fourth-order valence-electron chi connectivity index (χ4n) is 2.69. The lowest BCUT2D eigenvalue weighted by Crippen LogP contribution is -2.36. The molecule has 0 heterocycles. The van der Waals surface area contributed by atoms with E-state index < -0.39 is 9.84 Å². The topological polar surface area (TPSA) is 143 Å². The van der Waals surface area contributed by atoms with Gasteiger partial charge < -0.3 is 25.8 Å². The SMILES string of the molecule is COc1ccc(SOOCCN(CCS(=O)(=O)c2ccc(OC)c(N)c2)C(C)=O)cc1N. The predicted octanol–water partition coefficient (Wildman–Crippen LogP) is 2.15. The summed E-state index contributed by atoms with van der Waals surface area (Å²) in [6, 6.07) is 9.38. The molecule has 0 radical (unpaired) electrons. The molecule has 12 heteroatoms.